The molecule has 28 heavy (non-hydrogen) atoms. The first-order valence-corrected chi connectivity index (χ1v) is 9.34. The molecular formula is C22H18BrNO4. The van der Waals surface area contributed by atoms with Gasteiger partial charge in [-0.05, 0) is 52.6 Å². The van der Waals surface area contributed by atoms with Gasteiger partial charge >= 0.3 is 5.97 Å². The van der Waals surface area contributed by atoms with Crippen molar-refractivity contribution < 1.29 is 19.5 Å². The van der Waals surface area contributed by atoms with Crippen molar-refractivity contribution in [3.63, 3.8) is 0 Å². The monoisotopic (exact) mass is 439 g/mol. The van der Waals surface area contributed by atoms with E-state index in [2.05, 4.69) is 25.9 Å². The summed E-state index contributed by atoms with van der Waals surface area (Å²) in [6, 6.07) is 23.6. The molecule has 0 amide bonds. The van der Waals surface area contributed by atoms with Crippen LogP contribution < -0.4 is 4.74 Å². The number of carbonyl (C=O) groups is 1. The molecule has 3 aromatic rings. The smallest absolute Gasteiger partial charge is 0.344 e. The van der Waals surface area contributed by atoms with Crippen LogP contribution in [0.2, 0.25) is 0 Å². The summed E-state index contributed by atoms with van der Waals surface area (Å²) >= 11 is 3.42. The first kappa shape index (κ1) is 19.6. The maximum atomic E-state index is 10.4. The highest BCUT2D eigenvalue weighted by molar-refractivity contribution is 9.10. The van der Waals surface area contributed by atoms with Gasteiger partial charge in [0, 0.05) is 4.47 Å². The predicted molar refractivity (Wildman–Crippen MR) is 112 cm³/mol. The Labute approximate surface area is 171 Å². The molecule has 0 fully saturated rings. The summed E-state index contributed by atoms with van der Waals surface area (Å²) in [6.45, 7) is 0.0484. The predicted octanol–water partition coefficient (Wildman–Crippen LogP) is 5.13. The molecule has 142 valence electrons. The van der Waals surface area contributed by atoms with Crippen molar-refractivity contribution in [2.75, 3.05) is 6.61 Å². The number of rotatable bonds is 8. The van der Waals surface area contributed by atoms with Gasteiger partial charge in [0.2, 0.25) is 6.61 Å². The molecule has 3 rings (SSSR count). The first-order valence-electron chi connectivity index (χ1n) is 8.55. The second-order valence-electron chi connectivity index (χ2n) is 5.97. The average molecular weight is 440 g/mol. The van der Waals surface area contributed by atoms with Gasteiger partial charge in [0.25, 0.3) is 0 Å². The van der Waals surface area contributed by atoms with Crippen LogP contribution in [0.5, 0.6) is 5.75 Å². The van der Waals surface area contributed by atoms with Crippen LogP contribution in [0.25, 0.3) is 11.1 Å². The number of carboxylic acids is 1. The minimum atomic E-state index is -1.06. The Bertz CT molecular complexity index is 953. The molecule has 0 aliphatic rings. The number of hydrogen-bond donors (Lipinski definition) is 1. The van der Waals surface area contributed by atoms with Crippen LogP contribution in [0, 0.1) is 0 Å². The van der Waals surface area contributed by atoms with E-state index in [1.807, 2.05) is 72.8 Å². The van der Waals surface area contributed by atoms with Crippen molar-refractivity contribution in [3.05, 3.63) is 88.4 Å². The van der Waals surface area contributed by atoms with Crippen molar-refractivity contribution in [1.82, 2.24) is 0 Å². The van der Waals surface area contributed by atoms with E-state index >= 15 is 0 Å². The largest absolute Gasteiger partial charge is 0.489 e. The minimum absolute atomic E-state index is 0.460. The fraction of sp³-hybridized carbons (Fsp3) is 0.0909. The quantitative estimate of drug-likeness (QED) is 0.390. The van der Waals surface area contributed by atoms with Crippen molar-refractivity contribution in [1.29, 1.82) is 0 Å². The Balaban J connectivity index is 1.62. The Kier molecular flexibility index (Phi) is 6.81. The number of nitrogens with zero attached hydrogens (tertiary/aromatic N) is 1. The van der Waals surface area contributed by atoms with Gasteiger partial charge in [-0.2, -0.15) is 0 Å². The lowest BCUT2D eigenvalue weighted by Crippen LogP contribution is -2.03. The fourth-order valence-corrected chi connectivity index (χ4v) is 2.74. The molecule has 0 spiro atoms. The highest BCUT2D eigenvalue weighted by Crippen LogP contribution is 2.23. The van der Waals surface area contributed by atoms with Crippen LogP contribution in [0.15, 0.2) is 82.4 Å². The number of hydrogen-bond acceptors (Lipinski definition) is 4. The van der Waals surface area contributed by atoms with Crippen molar-refractivity contribution in [2.24, 2.45) is 5.16 Å². The van der Waals surface area contributed by atoms with Gasteiger partial charge in [0.05, 0.1) is 6.21 Å². The van der Waals surface area contributed by atoms with Gasteiger partial charge in [-0.15, -0.1) is 0 Å². The zero-order valence-electron chi connectivity index (χ0n) is 14.9. The van der Waals surface area contributed by atoms with Crippen LogP contribution in [0.3, 0.4) is 0 Å². The summed E-state index contributed by atoms with van der Waals surface area (Å²) in [7, 11) is 0. The Morgan fingerprint density at radius 2 is 1.75 bits per heavy atom. The number of oxime groups is 1. The molecule has 0 aliphatic carbocycles. The highest BCUT2D eigenvalue weighted by Gasteiger charge is 2.01. The van der Waals surface area contributed by atoms with E-state index in [0.717, 1.165) is 32.5 Å². The number of halogens is 1. The average Bonchev–Trinajstić information content (AvgIpc) is 2.71. The van der Waals surface area contributed by atoms with Gasteiger partial charge in [-0.1, -0.05) is 63.6 Å². The van der Waals surface area contributed by atoms with Gasteiger partial charge in [0.1, 0.15) is 12.4 Å². The standard InChI is InChI=1S/C22H18BrNO4/c23-20-8-4-16(5-9-20)14-27-21-10-6-18(7-11-21)19-3-1-2-17(12-19)13-24-28-15-22(25)26/h1-13H,14-15H2,(H,25,26)/b24-13+. The maximum absolute atomic E-state index is 10.4. The number of carboxylic acid groups (broad SMARTS) is 1. The lowest BCUT2D eigenvalue weighted by molar-refractivity contribution is -0.142. The summed E-state index contributed by atoms with van der Waals surface area (Å²) in [6.07, 6.45) is 1.49. The van der Waals surface area contributed by atoms with Crippen LogP contribution in [0.4, 0.5) is 0 Å². The summed E-state index contributed by atoms with van der Waals surface area (Å²) in [5, 5.41) is 12.2. The van der Waals surface area contributed by atoms with Crippen LogP contribution >= 0.6 is 15.9 Å². The molecule has 0 heterocycles. The van der Waals surface area contributed by atoms with E-state index in [0.29, 0.717) is 6.61 Å². The summed E-state index contributed by atoms with van der Waals surface area (Å²) in [4.78, 5) is 15.1. The summed E-state index contributed by atoms with van der Waals surface area (Å²) in [5.41, 5.74) is 3.97. The third-order valence-corrected chi connectivity index (χ3v) is 4.39. The topological polar surface area (TPSA) is 68.1 Å². The zero-order chi connectivity index (χ0) is 19.8. The molecule has 0 aromatic heterocycles. The van der Waals surface area contributed by atoms with E-state index in [4.69, 9.17) is 9.84 Å². The molecule has 0 radical (unpaired) electrons. The summed E-state index contributed by atoms with van der Waals surface area (Å²) < 4.78 is 6.87. The number of aliphatic carboxylic acids is 1. The molecule has 6 heteroatoms. The molecule has 0 saturated heterocycles. The maximum Gasteiger partial charge on any atom is 0.344 e. The zero-order valence-corrected chi connectivity index (χ0v) is 16.5. The van der Waals surface area contributed by atoms with E-state index in [-0.39, 0.29) is 0 Å². The lowest BCUT2D eigenvalue weighted by atomic mass is 10.0. The first-order chi connectivity index (χ1) is 13.6. The molecule has 5 nitrogen and oxygen atoms in total. The van der Waals surface area contributed by atoms with E-state index < -0.39 is 12.6 Å². The normalized spacial score (nSPS) is 10.8. The van der Waals surface area contributed by atoms with Crippen LogP contribution in [-0.2, 0) is 16.2 Å². The third-order valence-electron chi connectivity index (χ3n) is 3.86. The Hall–Kier alpha value is -3.12. The number of benzene rings is 3. The highest BCUT2D eigenvalue weighted by atomic mass is 79.9. The van der Waals surface area contributed by atoms with E-state index in [9.17, 15) is 4.79 Å². The molecule has 0 aliphatic heterocycles. The molecule has 0 bridgehead atoms. The minimum Gasteiger partial charge on any atom is -0.489 e. The van der Waals surface area contributed by atoms with Crippen LogP contribution in [-0.4, -0.2) is 23.9 Å². The second kappa shape index (κ2) is 9.71. The number of ether oxygens (including phenoxy) is 1. The molecular weight excluding hydrogens is 422 g/mol. The molecule has 0 atom stereocenters. The van der Waals surface area contributed by atoms with E-state index in [1.165, 1.54) is 6.21 Å². The molecule has 0 unspecified atom stereocenters. The van der Waals surface area contributed by atoms with Crippen molar-refractivity contribution >= 4 is 28.1 Å². The lowest BCUT2D eigenvalue weighted by Gasteiger charge is -2.08. The van der Waals surface area contributed by atoms with E-state index in [1.54, 1.807) is 0 Å². The molecule has 0 saturated carbocycles. The van der Waals surface area contributed by atoms with Gasteiger partial charge in [-0.25, -0.2) is 4.79 Å². The fourth-order valence-electron chi connectivity index (χ4n) is 2.48. The van der Waals surface area contributed by atoms with Crippen molar-refractivity contribution in [2.45, 2.75) is 6.61 Å². The van der Waals surface area contributed by atoms with Gasteiger partial charge in [0.15, 0.2) is 0 Å². The Morgan fingerprint density at radius 1 is 1.00 bits per heavy atom. The molecule has 1 N–H and O–H groups in total. The van der Waals surface area contributed by atoms with Crippen molar-refractivity contribution in [3.8, 4) is 16.9 Å². The Morgan fingerprint density at radius 3 is 2.46 bits per heavy atom. The molecule has 3 aromatic carbocycles. The third kappa shape index (κ3) is 5.96. The SMILES string of the molecule is O=C(O)CO/N=C/c1cccc(-c2ccc(OCc3ccc(Br)cc3)cc2)c1. The van der Waals surface area contributed by atoms with Gasteiger partial charge in [-0.3, -0.25) is 0 Å². The second-order valence-corrected chi connectivity index (χ2v) is 6.88. The summed E-state index contributed by atoms with van der Waals surface area (Å²) in [5.74, 6) is -0.264. The van der Waals surface area contributed by atoms with Gasteiger partial charge < -0.3 is 14.7 Å². The van der Waals surface area contributed by atoms with Crippen LogP contribution in [0.1, 0.15) is 11.1 Å².